The highest BCUT2D eigenvalue weighted by Crippen LogP contribution is 2.17. The number of morpholine rings is 1. The molecule has 0 radical (unpaired) electrons. The number of hydrogen-bond acceptors (Lipinski definition) is 8. The number of nitrogens with zero attached hydrogens (tertiary/aromatic N) is 5. The molecule has 1 unspecified atom stereocenters. The van der Waals surface area contributed by atoms with E-state index in [0.717, 1.165) is 69.6 Å². The highest BCUT2D eigenvalue weighted by molar-refractivity contribution is 6.30. The van der Waals surface area contributed by atoms with E-state index in [1.165, 1.54) is 12.4 Å². The number of nitrogens with one attached hydrogen (secondary N) is 1. The van der Waals surface area contributed by atoms with E-state index in [2.05, 4.69) is 36.8 Å². The lowest BCUT2D eigenvalue weighted by Gasteiger charge is -2.40. The first-order valence-corrected chi connectivity index (χ1v) is 11.5. The van der Waals surface area contributed by atoms with E-state index < -0.39 is 5.91 Å². The van der Waals surface area contributed by atoms with Crippen LogP contribution in [-0.4, -0.2) is 96.0 Å². The van der Waals surface area contributed by atoms with E-state index in [1.807, 2.05) is 24.3 Å². The molecule has 3 heterocycles. The van der Waals surface area contributed by atoms with Gasteiger partial charge in [-0.05, 0) is 17.7 Å². The molecule has 0 spiro atoms. The zero-order valence-electron chi connectivity index (χ0n) is 18.4. The van der Waals surface area contributed by atoms with Gasteiger partial charge in [-0.3, -0.25) is 19.8 Å². The number of aromatic nitrogens is 2. The summed E-state index contributed by atoms with van der Waals surface area (Å²) in [4.78, 5) is 27.1. The first kappa shape index (κ1) is 26.1. The van der Waals surface area contributed by atoms with E-state index >= 15 is 0 Å². The molecule has 34 heavy (non-hydrogen) atoms. The molecule has 184 valence electrons. The van der Waals surface area contributed by atoms with Crippen LogP contribution < -0.4 is 10.4 Å². The average molecular weight is 489 g/mol. The van der Waals surface area contributed by atoms with Crippen LogP contribution in [-0.2, 0) is 4.74 Å². The molecular weight excluding hydrogens is 456 g/mol. The van der Waals surface area contributed by atoms with Gasteiger partial charge in [0.05, 0.1) is 18.8 Å². The molecule has 2 saturated heterocycles. The van der Waals surface area contributed by atoms with E-state index in [-0.39, 0.29) is 19.0 Å². The Balaban J connectivity index is 0.00000324. The number of rotatable bonds is 7. The van der Waals surface area contributed by atoms with E-state index in [0.29, 0.717) is 5.95 Å². The molecule has 1 aromatic heterocycles. The standard InChI is InChI=1S/C23H29ClN6O3.CH4/c24-20-4-1-18(2-5-20)3-6-21(17-28-11-13-33-14-12-28)29-7-9-30(10-8-29)23-25-15-19(16-26-23)22(31)27-32;/h1-6,15-16,21,32H,7-14,17H2,(H,27,31);1H4/b6-3+;. The van der Waals surface area contributed by atoms with Gasteiger partial charge in [-0.1, -0.05) is 43.3 Å². The van der Waals surface area contributed by atoms with Crippen LogP contribution in [0, 0.1) is 0 Å². The monoisotopic (exact) mass is 488 g/mol. The maximum absolute atomic E-state index is 11.5. The van der Waals surface area contributed by atoms with Crippen LogP contribution in [0.1, 0.15) is 23.3 Å². The van der Waals surface area contributed by atoms with Crippen molar-refractivity contribution in [3.8, 4) is 0 Å². The lowest BCUT2D eigenvalue weighted by molar-refractivity contribution is 0.0269. The SMILES string of the molecule is C.O=C(NO)c1cnc(N2CCN(C(/C=C/c3ccc(Cl)cc3)CN3CCOCC3)CC2)nc1. The first-order valence-electron chi connectivity index (χ1n) is 11.1. The van der Waals surface area contributed by atoms with Gasteiger partial charge in [-0.2, -0.15) is 0 Å². The smallest absolute Gasteiger partial charge is 0.277 e. The number of anilines is 1. The molecule has 2 aliphatic heterocycles. The summed E-state index contributed by atoms with van der Waals surface area (Å²) in [5.74, 6) is -0.0321. The Morgan fingerprint density at radius 2 is 1.74 bits per heavy atom. The summed E-state index contributed by atoms with van der Waals surface area (Å²) < 4.78 is 5.52. The normalized spacial score (nSPS) is 18.5. The van der Waals surface area contributed by atoms with E-state index in [9.17, 15) is 4.79 Å². The van der Waals surface area contributed by atoms with Gasteiger partial charge in [0.2, 0.25) is 5.95 Å². The molecule has 0 aliphatic carbocycles. The quantitative estimate of drug-likeness (QED) is 0.453. The number of carbonyl (C=O) groups is 1. The minimum absolute atomic E-state index is 0. The van der Waals surface area contributed by atoms with E-state index in [4.69, 9.17) is 21.5 Å². The molecule has 10 heteroatoms. The number of hydrogen-bond donors (Lipinski definition) is 2. The van der Waals surface area contributed by atoms with Crippen molar-refractivity contribution in [2.75, 3.05) is 63.9 Å². The van der Waals surface area contributed by atoms with Gasteiger partial charge in [0, 0.05) is 69.3 Å². The predicted molar refractivity (Wildman–Crippen MR) is 133 cm³/mol. The fourth-order valence-corrected chi connectivity index (χ4v) is 4.19. The van der Waals surface area contributed by atoms with Crippen molar-refractivity contribution < 1.29 is 14.7 Å². The van der Waals surface area contributed by atoms with Crippen molar-refractivity contribution in [2.24, 2.45) is 0 Å². The van der Waals surface area contributed by atoms with Crippen molar-refractivity contribution in [3.05, 3.63) is 58.9 Å². The van der Waals surface area contributed by atoms with Gasteiger partial charge in [0.25, 0.3) is 5.91 Å². The third kappa shape index (κ3) is 6.97. The van der Waals surface area contributed by atoms with Gasteiger partial charge >= 0.3 is 0 Å². The molecule has 4 rings (SSSR count). The van der Waals surface area contributed by atoms with Gasteiger partial charge in [0.15, 0.2) is 0 Å². The van der Waals surface area contributed by atoms with Gasteiger partial charge in [0.1, 0.15) is 0 Å². The fraction of sp³-hybridized carbons (Fsp3) is 0.458. The van der Waals surface area contributed by atoms with Crippen LogP contribution in [0.15, 0.2) is 42.7 Å². The lowest BCUT2D eigenvalue weighted by atomic mass is 10.1. The molecule has 0 bridgehead atoms. The lowest BCUT2D eigenvalue weighted by Crippen LogP contribution is -2.54. The summed E-state index contributed by atoms with van der Waals surface area (Å²) in [6.07, 6.45) is 7.31. The molecule has 2 aliphatic rings. The fourth-order valence-electron chi connectivity index (χ4n) is 4.06. The molecule has 9 nitrogen and oxygen atoms in total. The second-order valence-corrected chi connectivity index (χ2v) is 8.56. The second kappa shape index (κ2) is 12.8. The van der Waals surface area contributed by atoms with Crippen LogP contribution in [0.4, 0.5) is 5.95 Å². The molecule has 2 aromatic rings. The van der Waals surface area contributed by atoms with Gasteiger partial charge in [-0.15, -0.1) is 0 Å². The maximum Gasteiger partial charge on any atom is 0.277 e. The topological polar surface area (TPSA) is 94.1 Å². The zero-order chi connectivity index (χ0) is 23.0. The van der Waals surface area contributed by atoms with Crippen LogP contribution in [0.3, 0.4) is 0 Å². The number of benzene rings is 1. The zero-order valence-corrected chi connectivity index (χ0v) is 19.2. The summed E-state index contributed by atoms with van der Waals surface area (Å²) in [5.41, 5.74) is 2.94. The summed E-state index contributed by atoms with van der Waals surface area (Å²) in [6.45, 7) is 7.75. The Bertz CT molecular complexity index is 927. The van der Waals surface area contributed by atoms with E-state index in [1.54, 1.807) is 5.48 Å². The highest BCUT2D eigenvalue weighted by Gasteiger charge is 2.26. The summed E-state index contributed by atoms with van der Waals surface area (Å²) in [6, 6.07) is 8.15. The molecule has 0 saturated carbocycles. The van der Waals surface area contributed by atoms with Crippen molar-refractivity contribution in [1.29, 1.82) is 0 Å². The highest BCUT2D eigenvalue weighted by atomic mass is 35.5. The van der Waals surface area contributed by atoms with Crippen molar-refractivity contribution in [3.63, 3.8) is 0 Å². The van der Waals surface area contributed by atoms with Gasteiger partial charge < -0.3 is 9.64 Å². The molecule has 1 aromatic carbocycles. The molecule has 1 atom stereocenters. The number of hydroxylamine groups is 1. The summed E-state index contributed by atoms with van der Waals surface area (Å²) in [5, 5.41) is 9.48. The number of halogens is 1. The third-order valence-electron chi connectivity index (χ3n) is 6.00. The predicted octanol–water partition coefficient (Wildman–Crippen LogP) is 2.42. The Kier molecular flexibility index (Phi) is 9.79. The van der Waals surface area contributed by atoms with Crippen molar-refractivity contribution >= 4 is 29.5 Å². The maximum atomic E-state index is 11.5. The minimum atomic E-state index is -0.621. The molecule has 1 amide bonds. The van der Waals surface area contributed by atoms with Crippen molar-refractivity contribution in [2.45, 2.75) is 13.5 Å². The summed E-state index contributed by atoms with van der Waals surface area (Å²) >= 11 is 6.02. The number of amides is 1. The second-order valence-electron chi connectivity index (χ2n) is 8.13. The number of piperazine rings is 1. The minimum Gasteiger partial charge on any atom is -0.379 e. The third-order valence-corrected chi connectivity index (χ3v) is 6.25. The Morgan fingerprint density at radius 3 is 2.35 bits per heavy atom. The van der Waals surface area contributed by atoms with Crippen molar-refractivity contribution in [1.82, 2.24) is 25.2 Å². The molecule has 2 N–H and O–H groups in total. The number of carbonyl (C=O) groups excluding carboxylic acids is 1. The number of ether oxygens (including phenoxy) is 1. The molecule has 2 fully saturated rings. The van der Waals surface area contributed by atoms with Crippen LogP contribution >= 0.6 is 11.6 Å². The Morgan fingerprint density at radius 1 is 1.09 bits per heavy atom. The van der Waals surface area contributed by atoms with Crippen LogP contribution in [0.2, 0.25) is 5.02 Å². The Hall–Kier alpha value is -2.56. The first-order chi connectivity index (χ1) is 16.1. The average Bonchev–Trinajstić information content (AvgIpc) is 2.88. The Labute approximate surface area is 205 Å². The van der Waals surface area contributed by atoms with Crippen LogP contribution in [0.25, 0.3) is 6.08 Å². The van der Waals surface area contributed by atoms with Gasteiger partial charge in [-0.25, -0.2) is 15.4 Å². The largest absolute Gasteiger partial charge is 0.379 e. The molecular formula is C24H33ClN6O3. The summed E-state index contributed by atoms with van der Waals surface area (Å²) in [7, 11) is 0. The van der Waals surface area contributed by atoms with Crippen LogP contribution in [0.5, 0.6) is 0 Å².